The normalized spacial score (nSPS) is 17.6. The number of aromatic nitrogens is 1. The van der Waals surface area contributed by atoms with Crippen molar-refractivity contribution in [3.05, 3.63) is 70.2 Å². The number of nitrogens with zero attached hydrogens (tertiary/aromatic N) is 3. The Labute approximate surface area is 246 Å². The summed E-state index contributed by atoms with van der Waals surface area (Å²) >= 11 is 7.58. The van der Waals surface area contributed by atoms with E-state index >= 15 is 0 Å². The number of carbonyl (C=O) groups is 3. The molecule has 220 valence electrons. The number of thioether (sulfide) groups is 1. The van der Waals surface area contributed by atoms with Crippen LogP contribution >= 0.6 is 23.4 Å². The number of ether oxygens (including phenoxy) is 1. The van der Waals surface area contributed by atoms with Gasteiger partial charge in [-0.05, 0) is 59.8 Å². The van der Waals surface area contributed by atoms with E-state index < -0.39 is 12.1 Å². The summed E-state index contributed by atoms with van der Waals surface area (Å²) in [5.41, 5.74) is 2.83. The van der Waals surface area contributed by atoms with Gasteiger partial charge in [-0.1, -0.05) is 23.7 Å². The summed E-state index contributed by atoms with van der Waals surface area (Å²) in [4.78, 5) is 45.3. The number of pyridine rings is 1. The van der Waals surface area contributed by atoms with Crippen LogP contribution in [0.4, 0.5) is 24.5 Å². The number of benzene rings is 2. The minimum atomic E-state index is -5.08. The Morgan fingerprint density at radius 2 is 1.93 bits per heavy atom. The molecule has 2 fully saturated rings. The van der Waals surface area contributed by atoms with E-state index in [0.717, 1.165) is 29.6 Å². The Morgan fingerprint density at radius 1 is 1.19 bits per heavy atom. The van der Waals surface area contributed by atoms with Gasteiger partial charge < -0.3 is 20.5 Å². The van der Waals surface area contributed by atoms with Crippen molar-refractivity contribution in [3.8, 4) is 0 Å². The molecule has 42 heavy (non-hydrogen) atoms. The van der Waals surface area contributed by atoms with Crippen LogP contribution in [0, 0.1) is 0 Å². The Hall–Kier alpha value is -3.98. The number of rotatable bonds is 5. The molecule has 15 heteroatoms. The first-order valence-corrected chi connectivity index (χ1v) is 13.5. The Kier molecular flexibility index (Phi) is 10.2. The number of halogens is 4. The largest absolute Gasteiger partial charge is 0.490 e. The highest BCUT2D eigenvalue weighted by molar-refractivity contribution is 8.18. The van der Waals surface area contributed by atoms with E-state index in [1.54, 1.807) is 24.4 Å². The summed E-state index contributed by atoms with van der Waals surface area (Å²) in [6.07, 6.45) is -1.52. The maximum atomic E-state index is 12.5. The van der Waals surface area contributed by atoms with Crippen LogP contribution in [0.2, 0.25) is 5.02 Å². The number of aliphatic imine (C=N–C) groups is 1. The average Bonchev–Trinajstić information content (AvgIpc) is 3.28. The van der Waals surface area contributed by atoms with Crippen molar-refractivity contribution >= 4 is 74.7 Å². The molecule has 0 spiro atoms. The summed E-state index contributed by atoms with van der Waals surface area (Å²) in [7, 11) is 0. The zero-order chi connectivity index (χ0) is 30.3. The topological polar surface area (TPSA) is 133 Å². The van der Waals surface area contributed by atoms with Gasteiger partial charge in [-0.25, -0.2) is 9.79 Å². The minimum Gasteiger partial charge on any atom is -0.475 e. The maximum Gasteiger partial charge on any atom is 0.490 e. The number of amidine groups is 1. The number of alkyl halides is 3. The van der Waals surface area contributed by atoms with Gasteiger partial charge in [0.05, 0.1) is 40.9 Å². The quantitative estimate of drug-likeness (QED) is 0.350. The number of anilines is 1. The molecular formula is C27H23ClF3N5O5S. The summed E-state index contributed by atoms with van der Waals surface area (Å²) in [5, 5.41) is 14.6. The molecule has 2 saturated heterocycles. The third-order valence-corrected chi connectivity index (χ3v) is 6.97. The predicted molar refractivity (Wildman–Crippen MR) is 154 cm³/mol. The molecule has 5 rings (SSSR count). The standard InChI is InChI=1S/C25H22ClN5O3S.C2HF3O2/c26-19-5-4-18(28-23(32)15-31-8-10-34-11-9-31)14-21(19)29-25-30-24(33)22(35-25)13-16-3-6-20-17(12-16)2-1-7-27-20;3-2(4,5)1(6)7/h1-7,12-14H,8-11,15H2,(H,28,32)(H,29,30,33);(H,6,7). The second-order valence-corrected chi connectivity index (χ2v) is 10.3. The third kappa shape index (κ3) is 8.76. The summed E-state index contributed by atoms with van der Waals surface area (Å²) in [5.74, 6) is -3.11. The average molecular weight is 622 g/mol. The fourth-order valence-electron chi connectivity index (χ4n) is 3.76. The monoisotopic (exact) mass is 621 g/mol. The number of hydrogen-bond donors (Lipinski definition) is 3. The second kappa shape index (κ2) is 13.8. The van der Waals surface area contributed by atoms with Gasteiger partial charge in [0.25, 0.3) is 5.91 Å². The molecule has 0 saturated carbocycles. The molecule has 0 bridgehead atoms. The fourth-order valence-corrected chi connectivity index (χ4v) is 4.76. The molecule has 3 aromatic rings. The number of aliphatic carboxylic acids is 1. The van der Waals surface area contributed by atoms with Gasteiger partial charge in [-0.15, -0.1) is 0 Å². The fraction of sp³-hybridized carbons (Fsp3) is 0.222. The molecule has 0 aliphatic carbocycles. The van der Waals surface area contributed by atoms with Crippen molar-refractivity contribution in [3.63, 3.8) is 0 Å². The number of hydrogen-bond acceptors (Lipinski definition) is 8. The first kappa shape index (κ1) is 31.0. The van der Waals surface area contributed by atoms with E-state index in [2.05, 4.69) is 20.6 Å². The predicted octanol–water partition coefficient (Wildman–Crippen LogP) is 4.68. The molecule has 0 atom stereocenters. The van der Waals surface area contributed by atoms with Gasteiger partial charge in [0, 0.05) is 30.4 Å². The highest BCUT2D eigenvalue weighted by Crippen LogP contribution is 2.33. The van der Waals surface area contributed by atoms with Gasteiger partial charge in [0.15, 0.2) is 5.17 Å². The molecule has 2 aromatic carbocycles. The number of morpholine rings is 1. The van der Waals surface area contributed by atoms with Crippen LogP contribution in [0.25, 0.3) is 17.0 Å². The number of fused-ring (bicyclic) bond motifs is 1. The summed E-state index contributed by atoms with van der Waals surface area (Å²) in [6, 6.07) is 14.8. The molecule has 0 radical (unpaired) electrons. The van der Waals surface area contributed by atoms with Gasteiger partial charge >= 0.3 is 12.1 Å². The van der Waals surface area contributed by atoms with E-state index in [1.807, 2.05) is 41.3 Å². The molecule has 3 N–H and O–H groups in total. The molecule has 3 heterocycles. The zero-order valence-electron chi connectivity index (χ0n) is 21.7. The van der Waals surface area contributed by atoms with Crippen molar-refractivity contribution in [1.29, 1.82) is 0 Å². The first-order valence-electron chi connectivity index (χ1n) is 12.3. The van der Waals surface area contributed by atoms with Crippen LogP contribution in [0.15, 0.2) is 64.6 Å². The van der Waals surface area contributed by atoms with Crippen LogP contribution in [0.1, 0.15) is 5.56 Å². The van der Waals surface area contributed by atoms with E-state index in [1.165, 1.54) is 11.8 Å². The molecular weight excluding hydrogens is 599 g/mol. The molecule has 2 aliphatic heterocycles. The number of amides is 2. The Bertz CT molecular complexity index is 1560. The summed E-state index contributed by atoms with van der Waals surface area (Å²) < 4.78 is 37.1. The van der Waals surface area contributed by atoms with Crippen LogP contribution in [-0.2, 0) is 19.1 Å². The van der Waals surface area contributed by atoms with E-state index in [-0.39, 0.29) is 11.8 Å². The van der Waals surface area contributed by atoms with Crippen molar-refractivity contribution < 1.29 is 37.4 Å². The van der Waals surface area contributed by atoms with Crippen LogP contribution in [0.3, 0.4) is 0 Å². The van der Waals surface area contributed by atoms with Gasteiger partial charge in [0.2, 0.25) is 5.91 Å². The van der Waals surface area contributed by atoms with Crippen molar-refractivity contribution in [2.24, 2.45) is 4.99 Å². The molecule has 1 aromatic heterocycles. The Morgan fingerprint density at radius 3 is 2.64 bits per heavy atom. The highest BCUT2D eigenvalue weighted by atomic mass is 35.5. The SMILES string of the molecule is O=C(CN1CCOCC1)Nc1ccc(Cl)c(N=C2NC(=O)C(=Cc3ccc4ncccc4c3)S2)c1.O=C(O)C(F)(F)F. The van der Waals surface area contributed by atoms with Gasteiger partial charge in [0.1, 0.15) is 0 Å². The number of nitrogens with one attached hydrogen (secondary N) is 2. The molecule has 2 aliphatic rings. The molecule has 0 unspecified atom stereocenters. The van der Waals surface area contributed by atoms with Crippen LogP contribution in [0.5, 0.6) is 0 Å². The van der Waals surface area contributed by atoms with E-state index in [9.17, 15) is 22.8 Å². The van der Waals surface area contributed by atoms with Crippen molar-refractivity contribution in [2.45, 2.75) is 6.18 Å². The lowest BCUT2D eigenvalue weighted by Crippen LogP contribution is -2.41. The minimum absolute atomic E-state index is 0.118. The molecule has 2 amide bonds. The first-order chi connectivity index (χ1) is 20.0. The molecule has 10 nitrogen and oxygen atoms in total. The summed E-state index contributed by atoms with van der Waals surface area (Å²) in [6.45, 7) is 3.02. The lowest BCUT2D eigenvalue weighted by Gasteiger charge is -2.25. The van der Waals surface area contributed by atoms with E-state index in [4.69, 9.17) is 26.2 Å². The Balaban J connectivity index is 0.000000517. The van der Waals surface area contributed by atoms with E-state index in [0.29, 0.717) is 46.2 Å². The van der Waals surface area contributed by atoms with Crippen LogP contribution < -0.4 is 10.6 Å². The maximum absolute atomic E-state index is 12.5. The van der Waals surface area contributed by atoms with Gasteiger partial charge in [-0.3, -0.25) is 19.5 Å². The third-order valence-electron chi connectivity index (χ3n) is 5.74. The lowest BCUT2D eigenvalue weighted by atomic mass is 10.1. The van der Waals surface area contributed by atoms with Crippen LogP contribution in [-0.4, -0.2) is 77.0 Å². The number of carboxylic acid groups (broad SMARTS) is 1. The lowest BCUT2D eigenvalue weighted by molar-refractivity contribution is -0.192. The smallest absolute Gasteiger partial charge is 0.475 e. The van der Waals surface area contributed by atoms with Crippen molar-refractivity contribution in [2.75, 3.05) is 38.2 Å². The second-order valence-electron chi connectivity index (χ2n) is 8.84. The zero-order valence-corrected chi connectivity index (χ0v) is 23.2. The number of carbonyl (C=O) groups excluding carboxylic acids is 2. The van der Waals surface area contributed by atoms with Crippen molar-refractivity contribution in [1.82, 2.24) is 15.2 Å². The van der Waals surface area contributed by atoms with Gasteiger partial charge in [-0.2, -0.15) is 13.2 Å². The highest BCUT2D eigenvalue weighted by Gasteiger charge is 2.38. The number of carboxylic acids is 1.